The number of halogens is 3. The Morgan fingerprint density at radius 1 is 1.39 bits per heavy atom. The van der Waals surface area contributed by atoms with E-state index in [0.717, 1.165) is 12.1 Å². The van der Waals surface area contributed by atoms with Crippen LogP contribution in [-0.4, -0.2) is 52.6 Å². The van der Waals surface area contributed by atoms with Crippen LogP contribution in [0.2, 0.25) is 0 Å². The lowest BCUT2D eigenvalue weighted by molar-refractivity contribution is -0.154. The van der Waals surface area contributed by atoms with Crippen molar-refractivity contribution in [1.29, 1.82) is 0 Å². The quantitative estimate of drug-likeness (QED) is 0.830. The Bertz CT molecular complexity index is 549. The minimum atomic E-state index is -4.37. The van der Waals surface area contributed by atoms with Crippen LogP contribution in [-0.2, 0) is 6.54 Å². The van der Waals surface area contributed by atoms with Crippen LogP contribution in [0.25, 0.3) is 0 Å². The zero-order chi connectivity index (χ0) is 16.9. The summed E-state index contributed by atoms with van der Waals surface area (Å²) in [5.41, 5.74) is 1.46. The zero-order valence-corrected chi connectivity index (χ0v) is 12.9. The molecule has 5 nitrogen and oxygen atoms in total. The number of pyridine rings is 1. The molecule has 1 aromatic heterocycles. The van der Waals surface area contributed by atoms with Crippen LogP contribution >= 0.6 is 0 Å². The Morgan fingerprint density at radius 2 is 2.17 bits per heavy atom. The lowest BCUT2D eigenvalue weighted by Crippen LogP contribution is -2.35. The van der Waals surface area contributed by atoms with E-state index < -0.39 is 12.8 Å². The normalized spacial score (nSPS) is 15.4. The van der Waals surface area contributed by atoms with Gasteiger partial charge in [-0.1, -0.05) is 6.08 Å². The van der Waals surface area contributed by atoms with Crippen molar-refractivity contribution in [2.24, 2.45) is 0 Å². The summed E-state index contributed by atoms with van der Waals surface area (Å²) in [5.74, 6) is 0.00255. The number of ether oxygens (including phenoxy) is 1. The molecule has 0 fully saturated rings. The van der Waals surface area contributed by atoms with Crippen molar-refractivity contribution in [2.75, 3.05) is 26.3 Å². The third kappa shape index (κ3) is 5.40. The Balaban J connectivity index is 1.95. The molecule has 1 aromatic rings. The number of hydrogen-bond donors (Lipinski definition) is 1. The van der Waals surface area contributed by atoms with Gasteiger partial charge in [-0.25, -0.2) is 9.99 Å². The van der Waals surface area contributed by atoms with Crippen LogP contribution in [0.4, 0.5) is 13.2 Å². The second-order valence-corrected chi connectivity index (χ2v) is 5.34. The highest BCUT2D eigenvalue weighted by Gasteiger charge is 2.29. The highest BCUT2D eigenvalue weighted by atomic mass is 19.4. The molecule has 2 heterocycles. The van der Waals surface area contributed by atoms with Gasteiger partial charge in [0.15, 0.2) is 6.61 Å². The smallest absolute Gasteiger partial charge is 0.422 e. The van der Waals surface area contributed by atoms with Gasteiger partial charge in [0.1, 0.15) is 0 Å². The maximum atomic E-state index is 12.2. The van der Waals surface area contributed by atoms with Crippen LogP contribution in [0.3, 0.4) is 0 Å². The monoisotopic (exact) mass is 331 g/mol. The molecule has 1 aliphatic rings. The van der Waals surface area contributed by atoms with Crippen molar-refractivity contribution in [1.82, 2.24) is 15.0 Å². The van der Waals surface area contributed by atoms with Gasteiger partial charge in [-0.05, 0) is 25.0 Å². The average Bonchev–Trinajstić information content (AvgIpc) is 2.90. The predicted molar refractivity (Wildman–Crippen MR) is 78.5 cm³/mol. The highest BCUT2D eigenvalue weighted by Crippen LogP contribution is 2.21. The van der Waals surface area contributed by atoms with Gasteiger partial charge in [0, 0.05) is 44.2 Å². The van der Waals surface area contributed by atoms with E-state index in [1.54, 1.807) is 13.0 Å². The summed E-state index contributed by atoms with van der Waals surface area (Å²) in [6.45, 7) is 2.51. The van der Waals surface area contributed by atoms with Gasteiger partial charge in [-0.2, -0.15) is 13.2 Å². The molecule has 0 aromatic carbocycles. The average molecular weight is 331 g/mol. The van der Waals surface area contributed by atoms with Crippen LogP contribution in [0, 0.1) is 6.92 Å². The first-order valence-electron chi connectivity index (χ1n) is 7.33. The molecule has 0 radical (unpaired) electrons. The molecule has 0 bridgehead atoms. The molecule has 1 aliphatic heterocycles. The molecule has 128 valence electrons. The third-order valence-corrected chi connectivity index (χ3v) is 3.33. The molecule has 23 heavy (non-hydrogen) atoms. The number of hydrogen-bond acceptors (Lipinski definition) is 5. The Kier molecular flexibility index (Phi) is 5.84. The van der Waals surface area contributed by atoms with Crippen LogP contribution in [0.15, 0.2) is 24.5 Å². The summed E-state index contributed by atoms with van der Waals surface area (Å²) in [4.78, 5) is 3.98. The second-order valence-electron chi connectivity index (χ2n) is 5.34. The predicted octanol–water partition coefficient (Wildman–Crippen LogP) is 2.26. The summed E-state index contributed by atoms with van der Waals surface area (Å²) in [6, 6.07) is 1.78. The van der Waals surface area contributed by atoms with E-state index in [-0.39, 0.29) is 12.5 Å². The van der Waals surface area contributed by atoms with E-state index in [9.17, 15) is 13.2 Å². The van der Waals surface area contributed by atoms with Gasteiger partial charge in [-0.3, -0.25) is 0 Å². The standard InChI is InChI=1S/C15H20F3N3O2/c1-12-8-13(9-19-14(12)23-11-15(16,17)18)10-21-5-2-4-20(21)6-3-7-22/h2,4,8-9,22H,3,5-7,10-11H2,1H3. The fraction of sp³-hybridized carbons (Fsp3) is 0.533. The number of rotatable bonds is 7. The Labute approximate surface area is 132 Å². The van der Waals surface area contributed by atoms with E-state index in [1.807, 2.05) is 17.3 Å². The third-order valence-electron chi connectivity index (χ3n) is 3.33. The van der Waals surface area contributed by atoms with E-state index in [0.29, 0.717) is 25.1 Å². The van der Waals surface area contributed by atoms with Crippen LogP contribution < -0.4 is 4.74 Å². The first-order valence-corrected chi connectivity index (χ1v) is 7.33. The summed E-state index contributed by atoms with van der Waals surface area (Å²) in [6.07, 6.45) is 1.79. The molecule has 2 rings (SSSR count). The van der Waals surface area contributed by atoms with E-state index in [4.69, 9.17) is 9.84 Å². The summed E-state index contributed by atoms with van der Waals surface area (Å²) < 4.78 is 41.2. The molecule has 0 saturated heterocycles. The largest absolute Gasteiger partial charge is 0.468 e. The lowest BCUT2D eigenvalue weighted by Gasteiger charge is -2.29. The van der Waals surface area contributed by atoms with Gasteiger partial charge in [-0.15, -0.1) is 0 Å². The maximum absolute atomic E-state index is 12.2. The number of nitrogens with zero attached hydrogens (tertiary/aromatic N) is 3. The molecule has 0 spiro atoms. The first kappa shape index (κ1) is 17.6. The van der Waals surface area contributed by atoms with Gasteiger partial charge in [0.2, 0.25) is 5.88 Å². The summed E-state index contributed by atoms with van der Waals surface area (Å²) in [5, 5.41) is 13.0. The summed E-state index contributed by atoms with van der Waals surface area (Å²) in [7, 11) is 0. The zero-order valence-electron chi connectivity index (χ0n) is 12.9. The molecular weight excluding hydrogens is 311 g/mol. The molecule has 0 amide bonds. The second kappa shape index (κ2) is 7.65. The first-order chi connectivity index (χ1) is 10.9. The molecular formula is C15H20F3N3O2. The number of aliphatic hydroxyl groups excluding tert-OH is 1. The minimum Gasteiger partial charge on any atom is -0.468 e. The fourth-order valence-electron chi connectivity index (χ4n) is 2.31. The molecule has 0 unspecified atom stereocenters. The van der Waals surface area contributed by atoms with Crippen molar-refractivity contribution in [3.05, 3.63) is 35.7 Å². The summed E-state index contributed by atoms with van der Waals surface area (Å²) >= 11 is 0. The number of aliphatic hydroxyl groups is 1. The van der Waals surface area contributed by atoms with E-state index in [1.165, 1.54) is 6.20 Å². The number of aryl methyl sites for hydroxylation is 1. The Morgan fingerprint density at radius 3 is 2.83 bits per heavy atom. The SMILES string of the molecule is Cc1cc(CN2CC=CN2CCCO)cnc1OCC(F)(F)F. The van der Waals surface area contributed by atoms with Crippen molar-refractivity contribution < 1.29 is 23.0 Å². The van der Waals surface area contributed by atoms with Crippen molar-refractivity contribution >= 4 is 0 Å². The molecule has 0 saturated carbocycles. The van der Waals surface area contributed by atoms with Gasteiger partial charge in [0.05, 0.1) is 0 Å². The molecule has 8 heteroatoms. The maximum Gasteiger partial charge on any atom is 0.422 e. The highest BCUT2D eigenvalue weighted by molar-refractivity contribution is 5.28. The van der Waals surface area contributed by atoms with Crippen molar-refractivity contribution in [2.45, 2.75) is 26.1 Å². The van der Waals surface area contributed by atoms with Gasteiger partial charge < -0.3 is 14.9 Å². The van der Waals surface area contributed by atoms with Crippen LogP contribution in [0.1, 0.15) is 17.5 Å². The number of alkyl halides is 3. The Hall–Kier alpha value is -1.80. The number of hydrazine groups is 1. The molecule has 0 aliphatic carbocycles. The van der Waals surface area contributed by atoms with Gasteiger partial charge in [0.25, 0.3) is 0 Å². The van der Waals surface area contributed by atoms with Crippen LogP contribution in [0.5, 0.6) is 5.88 Å². The lowest BCUT2D eigenvalue weighted by atomic mass is 10.2. The van der Waals surface area contributed by atoms with Gasteiger partial charge >= 0.3 is 6.18 Å². The van der Waals surface area contributed by atoms with E-state index in [2.05, 4.69) is 9.99 Å². The molecule has 0 atom stereocenters. The minimum absolute atomic E-state index is 0.00255. The fourth-order valence-corrected chi connectivity index (χ4v) is 2.31. The van der Waals surface area contributed by atoms with Crippen molar-refractivity contribution in [3.8, 4) is 5.88 Å². The number of aromatic nitrogens is 1. The molecule has 1 N–H and O–H groups in total. The van der Waals surface area contributed by atoms with Crippen molar-refractivity contribution in [3.63, 3.8) is 0 Å². The van der Waals surface area contributed by atoms with E-state index >= 15 is 0 Å². The topological polar surface area (TPSA) is 48.8 Å².